The van der Waals surface area contributed by atoms with Crippen LogP contribution in [0.2, 0.25) is 0 Å². The Hall–Kier alpha value is -1.79. The van der Waals surface area contributed by atoms with E-state index in [1.165, 1.54) is 0 Å². The van der Waals surface area contributed by atoms with Crippen LogP contribution >= 0.6 is 0 Å². The molecule has 0 atom stereocenters. The van der Waals surface area contributed by atoms with E-state index in [0.717, 1.165) is 18.5 Å². The molecule has 0 aliphatic heterocycles. The minimum Gasteiger partial charge on any atom is -0.342 e. The number of benzene rings is 1. The molecule has 0 aliphatic rings. The third kappa shape index (κ3) is 5.15. The number of nitrogens with zero attached hydrogens (tertiary/aromatic N) is 1. The number of amides is 1. The summed E-state index contributed by atoms with van der Waals surface area (Å²) in [4.78, 5) is 14.0. The maximum Gasteiger partial charge on any atom is 0.253 e. The second-order valence-electron chi connectivity index (χ2n) is 5.00. The van der Waals surface area contributed by atoms with E-state index in [0.29, 0.717) is 18.0 Å². The molecule has 2 N–H and O–H groups in total. The summed E-state index contributed by atoms with van der Waals surface area (Å²) in [5, 5.41) is 0. The Morgan fingerprint density at radius 3 is 2.79 bits per heavy atom. The van der Waals surface area contributed by atoms with Gasteiger partial charge < -0.3 is 10.6 Å². The molecular weight excluding hydrogens is 236 g/mol. The first-order valence-corrected chi connectivity index (χ1v) is 6.59. The predicted octanol–water partition coefficient (Wildman–Crippen LogP) is 2.11. The first kappa shape index (κ1) is 15.3. The second kappa shape index (κ2) is 7.60. The topological polar surface area (TPSA) is 46.3 Å². The average molecular weight is 258 g/mol. The minimum atomic E-state index is 0.0389. The molecule has 102 valence electrons. The molecule has 0 spiro atoms. The van der Waals surface area contributed by atoms with Crippen LogP contribution in [0.4, 0.5) is 0 Å². The van der Waals surface area contributed by atoms with E-state index < -0.39 is 0 Å². The van der Waals surface area contributed by atoms with Crippen molar-refractivity contribution in [1.29, 1.82) is 0 Å². The number of carbonyl (C=O) groups excluding carboxylic acids is 1. The third-order valence-electron chi connectivity index (χ3n) is 2.83. The van der Waals surface area contributed by atoms with Gasteiger partial charge in [-0.25, -0.2) is 0 Å². The van der Waals surface area contributed by atoms with Gasteiger partial charge in [-0.05, 0) is 30.5 Å². The molecule has 0 saturated carbocycles. The Bertz CT molecular complexity index is 483. The fourth-order valence-electron chi connectivity index (χ4n) is 1.66. The van der Waals surface area contributed by atoms with Gasteiger partial charge in [-0.2, -0.15) is 0 Å². The van der Waals surface area contributed by atoms with Crippen molar-refractivity contribution in [3.8, 4) is 11.8 Å². The van der Waals surface area contributed by atoms with Crippen LogP contribution < -0.4 is 5.73 Å². The lowest BCUT2D eigenvalue weighted by Crippen LogP contribution is -2.28. The summed E-state index contributed by atoms with van der Waals surface area (Å²) in [7, 11) is 1.84. The zero-order valence-corrected chi connectivity index (χ0v) is 11.9. The molecule has 1 rings (SSSR count). The summed E-state index contributed by atoms with van der Waals surface area (Å²) in [6.45, 7) is 5.41. The lowest BCUT2D eigenvalue weighted by atomic mass is 10.1. The van der Waals surface area contributed by atoms with Gasteiger partial charge in [-0.15, -0.1) is 0 Å². The van der Waals surface area contributed by atoms with Gasteiger partial charge in [-0.1, -0.05) is 31.8 Å². The molecule has 0 heterocycles. The van der Waals surface area contributed by atoms with Crippen molar-refractivity contribution in [3.05, 3.63) is 35.4 Å². The summed E-state index contributed by atoms with van der Waals surface area (Å²) >= 11 is 0. The maximum absolute atomic E-state index is 12.2. The smallest absolute Gasteiger partial charge is 0.253 e. The lowest BCUT2D eigenvalue weighted by molar-refractivity contribution is 0.0789. The van der Waals surface area contributed by atoms with Crippen LogP contribution in [0, 0.1) is 17.8 Å². The van der Waals surface area contributed by atoms with Gasteiger partial charge >= 0.3 is 0 Å². The molecule has 0 bridgehead atoms. The highest BCUT2D eigenvalue weighted by Gasteiger charge is 2.11. The van der Waals surface area contributed by atoms with E-state index in [2.05, 4.69) is 25.7 Å². The van der Waals surface area contributed by atoms with Crippen LogP contribution in [0.1, 0.15) is 36.2 Å². The predicted molar refractivity (Wildman–Crippen MR) is 78.8 cm³/mol. The maximum atomic E-state index is 12.2. The molecule has 0 saturated heterocycles. The van der Waals surface area contributed by atoms with Crippen LogP contribution in [0.5, 0.6) is 0 Å². The molecule has 0 aromatic heterocycles. The van der Waals surface area contributed by atoms with Crippen molar-refractivity contribution in [2.24, 2.45) is 11.7 Å². The Kier molecular flexibility index (Phi) is 6.11. The molecule has 0 unspecified atom stereocenters. The normalized spacial score (nSPS) is 9.95. The first-order valence-electron chi connectivity index (χ1n) is 6.59. The standard InChI is InChI=1S/C16H22N2O/c1-13(2)9-11-18(3)16(19)15-8-4-6-14(12-15)7-5-10-17/h4,6,8,12-13H,9-11,17H2,1-3H3. The summed E-state index contributed by atoms with van der Waals surface area (Å²) in [5.41, 5.74) is 6.84. The van der Waals surface area contributed by atoms with Crippen molar-refractivity contribution in [1.82, 2.24) is 4.90 Å². The molecule has 0 aliphatic carbocycles. The van der Waals surface area contributed by atoms with Crippen LogP contribution in [0.25, 0.3) is 0 Å². The number of nitrogens with two attached hydrogens (primary N) is 1. The average Bonchev–Trinajstić information content (AvgIpc) is 2.41. The molecule has 3 heteroatoms. The summed E-state index contributed by atoms with van der Waals surface area (Å²) in [5.74, 6) is 6.37. The molecule has 0 radical (unpaired) electrons. The number of hydrogen-bond donors (Lipinski definition) is 1. The summed E-state index contributed by atoms with van der Waals surface area (Å²) in [6.07, 6.45) is 1.01. The fourth-order valence-corrected chi connectivity index (χ4v) is 1.66. The lowest BCUT2D eigenvalue weighted by Gasteiger charge is -2.18. The van der Waals surface area contributed by atoms with Crippen LogP contribution in [0.15, 0.2) is 24.3 Å². The van der Waals surface area contributed by atoms with E-state index >= 15 is 0 Å². The quantitative estimate of drug-likeness (QED) is 0.841. The van der Waals surface area contributed by atoms with E-state index in [9.17, 15) is 4.79 Å². The number of hydrogen-bond acceptors (Lipinski definition) is 2. The molecule has 1 aromatic carbocycles. The van der Waals surface area contributed by atoms with Crippen LogP contribution in [-0.4, -0.2) is 30.9 Å². The Morgan fingerprint density at radius 1 is 1.42 bits per heavy atom. The summed E-state index contributed by atoms with van der Waals surface area (Å²) < 4.78 is 0. The van der Waals surface area contributed by atoms with E-state index in [4.69, 9.17) is 5.73 Å². The number of rotatable bonds is 4. The van der Waals surface area contributed by atoms with Gasteiger partial charge in [0.15, 0.2) is 0 Å². The van der Waals surface area contributed by atoms with Crippen molar-refractivity contribution in [3.63, 3.8) is 0 Å². The van der Waals surface area contributed by atoms with Gasteiger partial charge in [0.05, 0.1) is 6.54 Å². The van der Waals surface area contributed by atoms with Gasteiger partial charge in [0.25, 0.3) is 5.91 Å². The Balaban J connectivity index is 2.76. The zero-order chi connectivity index (χ0) is 14.3. The summed E-state index contributed by atoms with van der Waals surface area (Å²) in [6, 6.07) is 7.37. The van der Waals surface area contributed by atoms with Crippen molar-refractivity contribution in [2.75, 3.05) is 20.1 Å². The first-order chi connectivity index (χ1) is 9.04. The molecular formula is C16H22N2O. The SMILES string of the molecule is CC(C)CCN(C)C(=O)c1cccc(C#CCN)c1. The second-order valence-corrected chi connectivity index (χ2v) is 5.00. The van der Waals surface area contributed by atoms with Gasteiger partial charge in [0.1, 0.15) is 0 Å². The Morgan fingerprint density at radius 2 is 2.16 bits per heavy atom. The highest BCUT2D eigenvalue weighted by Crippen LogP contribution is 2.09. The van der Waals surface area contributed by atoms with Gasteiger partial charge in [0.2, 0.25) is 0 Å². The molecule has 1 amide bonds. The van der Waals surface area contributed by atoms with Gasteiger partial charge in [-0.3, -0.25) is 4.79 Å². The highest BCUT2D eigenvalue weighted by molar-refractivity contribution is 5.94. The highest BCUT2D eigenvalue weighted by atomic mass is 16.2. The largest absolute Gasteiger partial charge is 0.342 e. The molecule has 3 nitrogen and oxygen atoms in total. The van der Waals surface area contributed by atoms with E-state index in [1.807, 2.05) is 31.3 Å². The Labute approximate surface area is 115 Å². The molecule has 0 fully saturated rings. The molecule has 1 aromatic rings. The van der Waals surface area contributed by atoms with Crippen LogP contribution in [-0.2, 0) is 0 Å². The third-order valence-corrected chi connectivity index (χ3v) is 2.83. The monoisotopic (exact) mass is 258 g/mol. The zero-order valence-electron chi connectivity index (χ0n) is 11.9. The van der Waals surface area contributed by atoms with Crippen molar-refractivity contribution >= 4 is 5.91 Å². The van der Waals surface area contributed by atoms with Crippen LogP contribution in [0.3, 0.4) is 0 Å². The number of carbonyl (C=O) groups is 1. The van der Waals surface area contributed by atoms with E-state index in [1.54, 1.807) is 4.90 Å². The molecule has 19 heavy (non-hydrogen) atoms. The van der Waals surface area contributed by atoms with Crippen molar-refractivity contribution in [2.45, 2.75) is 20.3 Å². The fraction of sp³-hybridized carbons (Fsp3) is 0.438. The van der Waals surface area contributed by atoms with Gasteiger partial charge in [0, 0.05) is 24.7 Å². The minimum absolute atomic E-state index is 0.0389. The van der Waals surface area contributed by atoms with E-state index in [-0.39, 0.29) is 5.91 Å². The van der Waals surface area contributed by atoms with Crippen molar-refractivity contribution < 1.29 is 4.79 Å².